The summed E-state index contributed by atoms with van der Waals surface area (Å²) in [5.41, 5.74) is 3.13. The van der Waals surface area contributed by atoms with E-state index in [9.17, 15) is 0 Å². The van der Waals surface area contributed by atoms with E-state index in [4.69, 9.17) is 19.2 Å². The van der Waals surface area contributed by atoms with Crippen molar-refractivity contribution in [2.75, 3.05) is 34.4 Å². The van der Waals surface area contributed by atoms with Crippen LogP contribution in [0.15, 0.2) is 41.4 Å². The van der Waals surface area contributed by atoms with Gasteiger partial charge in [0.2, 0.25) is 5.75 Å². The molecule has 3 aromatic rings. The molecule has 0 aliphatic carbocycles. The van der Waals surface area contributed by atoms with Crippen molar-refractivity contribution in [1.29, 1.82) is 0 Å². The van der Waals surface area contributed by atoms with Crippen LogP contribution < -0.4 is 24.8 Å². The highest BCUT2D eigenvalue weighted by Gasteiger charge is 2.15. The lowest BCUT2D eigenvalue weighted by Crippen LogP contribution is -2.38. The Morgan fingerprint density at radius 3 is 2.50 bits per heavy atom. The summed E-state index contributed by atoms with van der Waals surface area (Å²) in [6.07, 6.45) is 0.950. The molecule has 0 atom stereocenters. The minimum atomic E-state index is 0.449. The van der Waals surface area contributed by atoms with Gasteiger partial charge in [0.15, 0.2) is 17.5 Å². The Balaban J connectivity index is 1.64. The van der Waals surface area contributed by atoms with E-state index in [2.05, 4.69) is 52.2 Å². The predicted octanol–water partition coefficient (Wildman–Crippen LogP) is 3.52. The van der Waals surface area contributed by atoms with E-state index >= 15 is 0 Å². The fraction of sp³-hybridized carbons (Fsp3) is 0.417. The van der Waals surface area contributed by atoms with Crippen molar-refractivity contribution in [1.82, 2.24) is 20.2 Å². The quantitative estimate of drug-likeness (QED) is 0.286. The third kappa shape index (κ3) is 5.25. The number of methoxy groups -OCH3 is 3. The van der Waals surface area contributed by atoms with E-state index in [1.807, 2.05) is 18.2 Å². The first-order valence-corrected chi connectivity index (χ1v) is 10.8. The highest BCUT2D eigenvalue weighted by Crippen LogP contribution is 2.39. The van der Waals surface area contributed by atoms with Gasteiger partial charge in [0, 0.05) is 25.2 Å². The van der Waals surface area contributed by atoms with Gasteiger partial charge in [-0.05, 0) is 44.5 Å². The fourth-order valence-electron chi connectivity index (χ4n) is 3.72. The molecule has 0 amide bonds. The van der Waals surface area contributed by atoms with Crippen molar-refractivity contribution < 1.29 is 14.2 Å². The number of fused-ring (bicyclic) bond motifs is 1. The third-order valence-electron chi connectivity index (χ3n) is 5.23. The maximum absolute atomic E-state index is 5.56. The van der Waals surface area contributed by atoms with Crippen LogP contribution in [0.4, 0.5) is 0 Å². The molecule has 8 nitrogen and oxygen atoms in total. The van der Waals surface area contributed by atoms with Crippen LogP contribution in [0.5, 0.6) is 17.2 Å². The number of nitrogens with one attached hydrogen (secondary N) is 2. The Morgan fingerprint density at radius 1 is 1.00 bits per heavy atom. The normalized spacial score (nSPS) is 11.5. The van der Waals surface area contributed by atoms with Gasteiger partial charge in [-0.2, -0.15) is 0 Å². The molecule has 0 saturated heterocycles. The molecular weight excluding hydrogens is 406 g/mol. The van der Waals surface area contributed by atoms with Crippen molar-refractivity contribution in [3.8, 4) is 17.2 Å². The zero-order valence-electron chi connectivity index (χ0n) is 19.6. The van der Waals surface area contributed by atoms with Gasteiger partial charge in [-0.15, -0.1) is 0 Å². The number of imidazole rings is 1. The molecule has 0 fully saturated rings. The lowest BCUT2D eigenvalue weighted by molar-refractivity contribution is 0.322. The lowest BCUT2D eigenvalue weighted by Gasteiger charge is -2.16. The van der Waals surface area contributed by atoms with E-state index in [0.717, 1.165) is 48.9 Å². The van der Waals surface area contributed by atoms with E-state index in [1.54, 1.807) is 21.3 Å². The monoisotopic (exact) mass is 439 g/mol. The molecule has 1 aromatic heterocycles. The molecule has 0 aliphatic rings. The number of benzene rings is 2. The molecule has 0 radical (unpaired) electrons. The second-order valence-electron chi connectivity index (χ2n) is 7.27. The molecule has 172 valence electrons. The van der Waals surface area contributed by atoms with Crippen LogP contribution in [-0.2, 0) is 13.1 Å². The fourth-order valence-corrected chi connectivity index (χ4v) is 3.72. The number of para-hydroxylation sites is 2. The Kier molecular flexibility index (Phi) is 8.19. The van der Waals surface area contributed by atoms with E-state index < -0.39 is 0 Å². The molecule has 0 saturated carbocycles. The van der Waals surface area contributed by atoms with Crippen molar-refractivity contribution >= 4 is 17.0 Å². The minimum absolute atomic E-state index is 0.449. The van der Waals surface area contributed by atoms with Crippen LogP contribution in [-0.4, -0.2) is 49.9 Å². The topological polar surface area (TPSA) is 81.9 Å². The molecular formula is C24H33N5O3. The molecule has 8 heteroatoms. The highest BCUT2D eigenvalue weighted by atomic mass is 16.5. The first-order chi connectivity index (χ1) is 15.6. The average Bonchev–Trinajstić information content (AvgIpc) is 3.14. The number of aryl methyl sites for hydroxylation is 2. The summed E-state index contributed by atoms with van der Waals surface area (Å²) >= 11 is 0. The van der Waals surface area contributed by atoms with Crippen molar-refractivity contribution in [3.63, 3.8) is 0 Å². The zero-order chi connectivity index (χ0) is 22.9. The molecule has 0 bridgehead atoms. The molecule has 0 spiro atoms. The predicted molar refractivity (Wildman–Crippen MR) is 128 cm³/mol. The largest absolute Gasteiger partial charge is 0.493 e. The summed E-state index contributed by atoms with van der Waals surface area (Å²) in [5.74, 6) is 3.63. The summed E-state index contributed by atoms with van der Waals surface area (Å²) in [6, 6.07) is 12.1. The second kappa shape index (κ2) is 11.3. The number of hydrogen-bond acceptors (Lipinski definition) is 5. The number of rotatable bonds is 10. The number of hydrogen-bond donors (Lipinski definition) is 2. The van der Waals surface area contributed by atoms with E-state index in [0.29, 0.717) is 23.8 Å². The molecule has 2 N–H and O–H groups in total. The average molecular weight is 440 g/mol. The van der Waals surface area contributed by atoms with E-state index in [-0.39, 0.29) is 0 Å². The van der Waals surface area contributed by atoms with Gasteiger partial charge in [-0.3, -0.25) is 0 Å². The van der Waals surface area contributed by atoms with Gasteiger partial charge in [0.1, 0.15) is 5.82 Å². The van der Waals surface area contributed by atoms with Crippen LogP contribution in [0.1, 0.15) is 24.7 Å². The Morgan fingerprint density at radius 2 is 1.78 bits per heavy atom. The molecule has 3 rings (SSSR count). The van der Waals surface area contributed by atoms with Crippen molar-refractivity contribution in [3.05, 3.63) is 47.8 Å². The Labute approximate surface area is 189 Å². The van der Waals surface area contributed by atoms with Crippen molar-refractivity contribution in [2.45, 2.75) is 33.4 Å². The van der Waals surface area contributed by atoms with Gasteiger partial charge >= 0.3 is 0 Å². The smallest absolute Gasteiger partial charge is 0.203 e. The van der Waals surface area contributed by atoms with Gasteiger partial charge in [0.25, 0.3) is 0 Å². The summed E-state index contributed by atoms with van der Waals surface area (Å²) in [4.78, 5) is 9.36. The standard InChI is InChI=1S/C24H33N5O3/c1-6-25-24(27-16-18-12-13-21(30-3)23(32-5)22(18)31-4)26-14-9-15-29-17(2)28-19-10-7-8-11-20(19)29/h7-8,10-13H,6,9,14-16H2,1-5H3,(H2,25,26,27). The molecule has 2 aromatic carbocycles. The van der Waals surface area contributed by atoms with Gasteiger partial charge < -0.3 is 29.4 Å². The summed E-state index contributed by atoms with van der Waals surface area (Å²) < 4.78 is 18.7. The Bertz CT molecular complexity index is 1060. The first-order valence-electron chi connectivity index (χ1n) is 10.8. The van der Waals surface area contributed by atoms with Crippen LogP contribution in [0.25, 0.3) is 11.0 Å². The number of guanidine groups is 1. The summed E-state index contributed by atoms with van der Waals surface area (Å²) in [5, 5.41) is 6.72. The lowest BCUT2D eigenvalue weighted by atomic mass is 10.1. The van der Waals surface area contributed by atoms with Crippen LogP contribution in [0, 0.1) is 6.92 Å². The second-order valence-corrected chi connectivity index (χ2v) is 7.27. The number of aromatic nitrogens is 2. The molecule has 0 unspecified atom stereocenters. The summed E-state index contributed by atoms with van der Waals surface area (Å²) in [7, 11) is 4.83. The first kappa shape index (κ1) is 23.2. The molecule has 1 heterocycles. The highest BCUT2D eigenvalue weighted by molar-refractivity contribution is 5.79. The van der Waals surface area contributed by atoms with Crippen LogP contribution >= 0.6 is 0 Å². The zero-order valence-corrected chi connectivity index (χ0v) is 19.6. The minimum Gasteiger partial charge on any atom is -0.493 e. The van der Waals surface area contributed by atoms with Gasteiger partial charge in [0.05, 0.1) is 38.9 Å². The number of nitrogens with zero attached hydrogens (tertiary/aromatic N) is 3. The Hall–Kier alpha value is -3.42. The van der Waals surface area contributed by atoms with Crippen LogP contribution in [0.2, 0.25) is 0 Å². The SMILES string of the molecule is CCNC(=NCc1ccc(OC)c(OC)c1OC)NCCCn1c(C)nc2ccccc21. The maximum atomic E-state index is 5.56. The number of aliphatic imine (C=N–C) groups is 1. The number of ether oxygens (including phenoxy) is 3. The van der Waals surface area contributed by atoms with Crippen molar-refractivity contribution in [2.24, 2.45) is 4.99 Å². The molecule has 32 heavy (non-hydrogen) atoms. The van der Waals surface area contributed by atoms with Crippen LogP contribution in [0.3, 0.4) is 0 Å². The maximum Gasteiger partial charge on any atom is 0.203 e. The molecule has 0 aliphatic heterocycles. The van der Waals surface area contributed by atoms with Gasteiger partial charge in [-0.1, -0.05) is 12.1 Å². The van der Waals surface area contributed by atoms with E-state index in [1.165, 1.54) is 5.52 Å². The van der Waals surface area contributed by atoms with Gasteiger partial charge in [-0.25, -0.2) is 9.98 Å². The summed E-state index contributed by atoms with van der Waals surface area (Å²) in [6.45, 7) is 7.01. The third-order valence-corrected chi connectivity index (χ3v) is 5.23.